The van der Waals surface area contributed by atoms with Gasteiger partial charge in [-0.1, -0.05) is 6.58 Å². The lowest BCUT2D eigenvalue weighted by atomic mass is 9.98. The largest absolute Gasteiger partial charge is 0.462 e. The fraction of sp³-hybridized carbons (Fsp3) is 0.765. The van der Waals surface area contributed by atoms with E-state index in [0.29, 0.717) is 5.76 Å². The number of aliphatic hydroxyl groups excluding tert-OH is 5. The van der Waals surface area contributed by atoms with Crippen LogP contribution in [0.1, 0.15) is 20.3 Å². The van der Waals surface area contributed by atoms with Crippen LogP contribution in [0, 0.1) is 0 Å². The molecular formula is C17H28O9. The summed E-state index contributed by atoms with van der Waals surface area (Å²) in [6.45, 7) is 6.37. The molecule has 9 atom stereocenters. The monoisotopic (exact) mass is 376 g/mol. The molecule has 2 fully saturated rings. The van der Waals surface area contributed by atoms with Crippen molar-refractivity contribution in [2.45, 2.75) is 75.6 Å². The Bertz CT molecular complexity index is 495. The third-order valence-corrected chi connectivity index (χ3v) is 4.54. The fourth-order valence-electron chi connectivity index (χ4n) is 2.91. The minimum absolute atomic E-state index is 0.0393. The van der Waals surface area contributed by atoms with Crippen LogP contribution in [0.5, 0.6) is 0 Å². The molecule has 2 aliphatic heterocycles. The van der Waals surface area contributed by atoms with Crippen molar-refractivity contribution in [1.29, 1.82) is 0 Å². The quantitative estimate of drug-likeness (QED) is 0.285. The molecule has 0 bridgehead atoms. The van der Waals surface area contributed by atoms with Gasteiger partial charge in [0.2, 0.25) is 6.29 Å². The van der Waals surface area contributed by atoms with Gasteiger partial charge in [-0.2, -0.15) is 0 Å². The topological polar surface area (TPSA) is 138 Å². The van der Waals surface area contributed by atoms with E-state index in [0.717, 1.165) is 0 Å². The average molecular weight is 376 g/mol. The molecule has 2 aliphatic rings. The zero-order chi connectivity index (χ0) is 19.4. The zero-order valence-corrected chi connectivity index (χ0v) is 14.8. The molecule has 150 valence electrons. The van der Waals surface area contributed by atoms with Crippen LogP contribution >= 0.6 is 0 Å². The molecule has 5 N–H and O–H groups in total. The summed E-state index contributed by atoms with van der Waals surface area (Å²) in [7, 11) is 0. The van der Waals surface area contributed by atoms with Gasteiger partial charge in [0.05, 0.1) is 18.8 Å². The maximum absolute atomic E-state index is 10.4. The second kappa shape index (κ2) is 9.25. The van der Waals surface area contributed by atoms with Crippen LogP contribution in [0.25, 0.3) is 0 Å². The Labute approximate surface area is 152 Å². The summed E-state index contributed by atoms with van der Waals surface area (Å²) in [4.78, 5) is 0. The molecule has 26 heavy (non-hydrogen) atoms. The zero-order valence-electron chi connectivity index (χ0n) is 14.8. The average Bonchev–Trinajstić information content (AvgIpc) is 2.62. The summed E-state index contributed by atoms with van der Waals surface area (Å²) in [5.74, 6) is 0.339. The van der Waals surface area contributed by atoms with Crippen molar-refractivity contribution >= 4 is 0 Å². The van der Waals surface area contributed by atoms with E-state index in [4.69, 9.17) is 18.9 Å². The first-order chi connectivity index (χ1) is 12.3. The van der Waals surface area contributed by atoms with E-state index in [-0.39, 0.29) is 6.42 Å². The van der Waals surface area contributed by atoms with Crippen molar-refractivity contribution in [2.75, 3.05) is 6.61 Å². The summed E-state index contributed by atoms with van der Waals surface area (Å²) >= 11 is 0. The second-order valence-corrected chi connectivity index (χ2v) is 6.40. The SMILES string of the molecule is C=C/C(=C\C)OC1OC(CO)C(OC2OC(C)C(O)CC2O)C(O)C1O. The molecule has 0 spiro atoms. The van der Waals surface area contributed by atoms with Crippen LogP contribution < -0.4 is 0 Å². The molecule has 0 aromatic heterocycles. The minimum atomic E-state index is -1.47. The molecule has 0 saturated carbocycles. The lowest BCUT2D eigenvalue weighted by Gasteiger charge is -2.44. The number of ether oxygens (including phenoxy) is 4. The highest BCUT2D eigenvalue weighted by Gasteiger charge is 2.48. The summed E-state index contributed by atoms with van der Waals surface area (Å²) in [5.41, 5.74) is 0. The first-order valence-electron chi connectivity index (χ1n) is 8.57. The molecule has 0 amide bonds. The lowest BCUT2D eigenvalue weighted by molar-refractivity contribution is -0.342. The van der Waals surface area contributed by atoms with Gasteiger partial charge in [-0.05, 0) is 26.0 Å². The van der Waals surface area contributed by atoms with Crippen LogP contribution in [-0.2, 0) is 18.9 Å². The van der Waals surface area contributed by atoms with E-state index < -0.39 is 61.9 Å². The number of allylic oxidation sites excluding steroid dienone is 2. The summed E-state index contributed by atoms with van der Waals surface area (Å²) in [5, 5.41) is 50.0. The highest BCUT2D eigenvalue weighted by molar-refractivity contribution is 5.08. The van der Waals surface area contributed by atoms with Gasteiger partial charge >= 0.3 is 0 Å². The van der Waals surface area contributed by atoms with Crippen molar-refractivity contribution in [2.24, 2.45) is 0 Å². The van der Waals surface area contributed by atoms with Gasteiger partial charge in [0.25, 0.3) is 0 Å². The molecule has 2 heterocycles. The number of hydrogen-bond acceptors (Lipinski definition) is 9. The number of rotatable bonds is 6. The Morgan fingerprint density at radius 1 is 1.12 bits per heavy atom. The summed E-state index contributed by atoms with van der Waals surface area (Å²) in [6, 6.07) is 0. The van der Waals surface area contributed by atoms with Gasteiger partial charge in [0.15, 0.2) is 6.29 Å². The molecule has 0 aromatic carbocycles. The van der Waals surface area contributed by atoms with Crippen LogP contribution in [0.2, 0.25) is 0 Å². The highest BCUT2D eigenvalue weighted by atomic mass is 16.7. The van der Waals surface area contributed by atoms with Gasteiger partial charge < -0.3 is 44.5 Å². The van der Waals surface area contributed by atoms with E-state index in [1.807, 2.05) is 0 Å². The molecule has 2 rings (SSSR count). The van der Waals surface area contributed by atoms with Crippen molar-refractivity contribution in [3.8, 4) is 0 Å². The predicted molar refractivity (Wildman–Crippen MR) is 88.6 cm³/mol. The van der Waals surface area contributed by atoms with Crippen molar-refractivity contribution in [1.82, 2.24) is 0 Å². The Morgan fingerprint density at radius 3 is 2.38 bits per heavy atom. The summed E-state index contributed by atoms with van der Waals surface area (Å²) < 4.78 is 21.9. The lowest BCUT2D eigenvalue weighted by Crippen LogP contribution is -2.62. The Kier molecular flexibility index (Phi) is 7.56. The van der Waals surface area contributed by atoms with Gasteiger partial charge in [0, 0.05) is 6.42 Å². The molecule has 0 aliphatic carbocycles. The predicted octanol–water partition coefficient (Wildman–Crippen LogP) is -1.23. The standard InChI is InChI=1S/C17H28O9/c1-4-9(5-2)24-17-14(22)13(21)15(12(7-18)25-17)26-16-11(20)6-10(19)8(3)23-16/h4-5,8,10-22H,1,6-7H2,2-3H3/b9-5+. The third kappa shape index (κ3) is 4.62. The first kappa shape index (κ1) is 21.3. The van der Waals surface area contributed by atoms with Crippen molar-refractivity contribution in [3.63, 3.8) is 0 Å². The van der Waals surface area contributed by atoms with Crippen LogP contribution in [-0.4, -0.2) is 87.4 Å². The third-order valence-electron chi connectivity index (χ3n) is 4.54. The molecule has 0 radical (unpaired) electrons. The Morgan fingerprint density at radius 2 is 1.81 bits per heavy atom. The van der Waals surface area contributed by atoms with Gasteiger partial charge in [0.1, 0.15) is 36.3 Å². The van der Waals surface area contributed by atoms with Crippen LogP contribution in [0.4, 0.5) is 0 Å². The van der Waals surface area contributed by atoms with Crippen LogP contribution in [0.3, 0.4) is 0 Å². The molecule has 9 heteroatoms. The van der Waals surface area contributed by atoms with Gasteiger partial charge in [-0.15, -0.1) is 0 Å². The highest BCUT2D eigenvalue weighted by Crippen LogP contribution is 2.29. The van der Waals surface area contributed by atoms with Crippen LogP contribution in [0.15, 0.2) is 24.5 Å². The van der Waals surface area contributed by atoms with Gasteiger partial charge in [-0.25, -0.2) is 0 Å². The van der Waals surface area contributed by atoms with Crippen molar-refractivity contribution < 1.29 is 44.5 Å². The maximum atomic E-state index is 10.4. The maximum Gasteiger partial charge on any atom is 0.229 e. The molecule has 0 aromatic rings. The van der Waals surface area contributed by atoms with E-state index in [1.165, 1.54) is 6.08 Å². The number of aliphatic hydroxyl groups is 5. The molecular weight excluding hydrogens is 348 g/mol. The molecule has 2 saturated heterocycles. The summed E-state index contributed by atoms with van der Waals surface area (Å²) in [6.07, 6.45) is -7.01. The minimum Gasteiger partial charge on any atom is -0.462 e. The molecule has 9 unspecified atom stereocenters. The Balaban J connectivity index is 2.08. The van der Waals surface area contributed by atoms with Crippen molar-refractivity contribution in [3.05, 3.63) is 24.5 Å². The Hall–Kier alpha value is -1.04. The smallest absolute Gasteiger partial charge is 0.229 e. The second-order valence-electron chi connectivity index (χ2n) is 6.40. The number of hydrogen-bond donors (Lipinski definition) is 5. The van der Waals surface area contributed by atoms with E-state index in [1.54, 1.807) is 19.9 Å². The normalized spacial score (nSPS) is 44.6. The fourth-order valence-corrected chi connectivity index (χ4v) is 2.91. The van der Waals surface area contributed by atoms with Gasteiger partial charge in [-0.3, -0.25) is 0 Å². The van der Waals surface area contributed by atoms with E-state index in [9.17, 15) is 25.5 Å². The van der Waals surface area contributed by atoms with E-state index in [2.05, 4.69) is 6.58 Å². The first-order valence-corrected chi connectivity index (χ1v) is 8.57. The molecule has 9 nitrogen and oxygen atoms in total. The van der Waals surface area contributed by atoms with E-state index >= 15 is 0 Å².